The maximum absolute atomic E-state index is 5.97. The first-order valence-electron chi connectivity index (χ1n) is 7.98. The number of benzene rings is 1. The summed E-state index contributed by atoms with van der Waals surface area (Å²) in [6.45, 7) is 0. The normalized spacial score (nSPS) is 28.5. The van der Waals surface area contributed by atoms with Crippen LogP contribution in [0, 0.1) is 0 Å². The Morgan fingerprint density at radius 1 is 1.05 bits per heavy atom. The first-order chi connectivity index (χ1) is 10.3. The van der Waals surface area contributed by atoms with Crippen LogP contribution < -0.4 is 5.73 Å². The number of nitrogens with zero attached hydrogens (tertiary/aromatic N) is 2. The molecule has 110 valence electrons. The lowest BCUT2D eigenvalue weighted by Gasteiger charge is -2.22. The minimum Gasteiger partial charge on any atom is -0.339 e. The molecule has 0 bridgehead atoms. The Morgan fingerprint density at radius 2 is 1.86 bits per heavy atom. The number of aromatic nitrogens is 2. The number of rotatable bonds is 2. The highest BCUT2D eigenvalue weighted by molar-refractivity contribution is 5.38. The third kappa shape index (κ3) is 2.38. The van der Waals surface area contributed by atoms with Crippen LogP contribution in [-0.2, 0) is 6.42 Å². The number of aryl methyl sites for hydroxylation is 1. The average molecular weight is 283 g/mol. The zero-order valence-electron chi connectivity index (χ0n) is 12.2. The van der Waals surface area contributed by atoms with Crippen molar-refractivity contribution in [2.75, 3.05) is 0 Å². The van der Waals surface area contributed by atoms with Crippen molar-refractivity contribution < 1.29 is 4.52 Å². The third-order valence-electron chi connectivity index (χ3n) is 5.02. The van der Waals surface area contributed by atoms with E-state index in [1.807, 2.05) is 0 Å². The Morgan fingerprint density at radius 3 is 2.71 bits per heavy atom. The van der Waals surface area contributed by atoms with E-state index in [9.17, 15) is 0 Å². The summed E-state index contributed by atoms with van der Waals surface area (Å²) in [5.74, 6) is 2.40. The molecule has 0 amide bonds. The van der Waals surface area contributed by atoms with E-state index in [0.717, 1.165) is 50.2 Å². The molecule has 2 aliphatic rings. The summed E-state index contributed by atoms with van der Waals surface area (Å²) in [6.07, 6.45) is 6.48. The zero-order chi connectivity index (χ0) is 14.2. The smallest absolute Gasteiger partial charge is 0.229 e. The highest BCUT2D eigenvalue weighted by Crippen LogP contribution is 2.38. The van der Waals surface area contributed by atoms with Crippen LogP contribution >= 0.6 is 0 Å². The summed E-state index contributed by atoms with van der Waals surface area (Å²) in [4.78, 5) is 4.72. The molecule has 1 heterocycles. The molecule has 4 heteroatoms. The van der Waals surface area contributed by atoms with Gasteiger partial charge in [0, 0.05) is 17.9 Å². The third-order valence-corrected chi connectivity index (χ3v) is 5.02. The van der Waals surface area contributed by atoms with Crippen molar-refractivity contribution >= 4 is 0 Å². The largest absolute Gasteiger partial charge is 0.339 e. The summed E-state index contributed by atoms with van der Waals surface area (Å²) in [5.41, 5.74) is 8.77. The second kappa shape index (κ2) is 5.26. The van der Waals surface area contributed by atoms with Crippen LogP contribution in [0.1, 0.15) is 66.8 Å². The summed E-state index contributed by atoms with van der Waals surface area (Å²) < 4.78 is 5.56. The maximum atomic E-state index is 5.97. The highest BCUT2D eigenvalue weighted by Gasteiger charge is 2.30. The van der Waals surface area contributed by atoms with Gasteiger partial charge in [-0.1, -0.05) is 29.4 Å². The van der Waals surface area contributed by atoms with Crippen LogP contribution in [0.2, 0.25) is 0 Å². The molecule has 2 aliphatic carbocycles. The summed E-state index contributed by atoms with van der Waals surface area (Å²) >= 11 is 0. The molecule has 1 aromatic carbocycles. The van der Waals surface area contributed by atoms with Gasteiger partial charge in [-0.2, -0.15) is 4.98 Å². The van der Waals surface area contributed by atoms with Gasteiger partial charge in [0.15, 0.2) is 5.82 Å². The van der Waals surface area contributed by atoms with Crippen molar-refractivity contribution in [1.82, 2.24) is 10.1 Å². The second-order valence-corrected chi connectivity index (χ2v) is 6.39. The lowest BCUT2D eigenvalue weighted by atomic mass is 9.86. The Hall–Kier alpha value is -1.68. The fourth-order valence-electron chi connectivity index (χ4n) is 3.75. The monoisotopic (exact) mass is 283 g/mol. The van der Waals surface area contributed by atoms with Gasteiger partial charge < -0.3 is 10.3 Å². The molecule has 2 aromatic rings. The van der Waals surface area contributed by atoms with E-state index in [2.05, 4.69) is 29.4 Å². The number of fused-ring (bicyclic) bond motifs is 1. The van der Waals surface area contributed by atoms with Gasteiger partial charge in [-0.15, -0.1) is 0 Å². The summed E-state index contributed by atoms with van der Waals surface area (Å²) in [6, 6.07) is 8.96. The molecule has 2 N–H and O–H groups in total. The minimum absolute atomic E-state index is 0.310. The van der Waals surface area contributed by atoms with Gasteiger partial charge in [0.1, 0.15) is 0 Å². The van der Waals surface area contributed by atoms with Crippen molar-refractivity contribution in [3.05, 3.63) is 47.1 Å². The van der Waals surface area contributed by atoms with Crippen LogP contribution in [-0.4, -0.2) is 16.2 Å². The Bertz CT molecular complexity index is 628. The molecule has 1 unspecified atom stereocenters. The Labute approximate surface area is 124 Å². The molecule has 0 aliphatic heterocycles. The molecule has 0 radical (unpaired) electrons. The minimum atomic E-state index is 0.310. The molecule has 0 spiro atoms. The molecule has 21 heavy (non-hydrogen) atoms. The molecule has 4 nitrogen and oxygen atoms in total. The second-order valence-electron chi connectivity index (χ2n) is 6.39. The maximum Gasteiger partial charge on any atom is 0.229 e. The molecule has 1 aromatic heterocycles. The Kier molecular flexibility index (Phi) is 3.26. The average Bonchev–Trinajstić information content (AvgIpc) is 3.14. The van der Waals surface area contributed by atoms with Gasteiger partial charge in [0.05, 0.1) is 0 Å². The zero-order valence-corrected chi connectivity index (χ0v) is 12.2. The van der Waals surface area contributed by atoms with Gasteiger partial charge in [0.2, 0.25) is 5.89 Å². The molecule has 4 rings (SSSR count). The van der Waals surface area contributed by atoms with Crippen molar-refractivity contribution in [3.63, 3.8) is 0 Å². The number of nitrogens with two attached hydrogens (primary N) is 1. The van der Waals surface area contributed by atoms with Gasteiger partial charge in [-0.25, -0.2) is 0 Å². The SMILES string of the molecule is NC1CCC(c2nc(C3CCc4ccccc43)no2)CC1. The number of hydrogen-bond donors (Lipinski definition) is 1. The van der Waals surface area contributed by atoms with Crippen LogP contribution in [0.15, 0.2) is 28.8 Å². The van der Waals surface area contributed by atoms with E-state index in [1.54, 1.807) is 0 Å². The molecular formula is C17H21N3O. The van der Waals surface area contributed by atoms with E-state index in [-0.39, 0.29) is 0 Å². The molecular weight excluding hydrogens is 262 g/mol. The number of hydrogen-bond acceptors (Lipinski definition) is 4. The lowest BCUT2D eigenvalue weighted by Crippen LogP contribution is -2.25. The van der Waals surface area contributed by atoms with Gasteiger partial charge in [0.25, 0.3) is 0 Å². The molecule has 1 atom stereocenters. The van der Waals surface area contributed by atoms with E-state index >= 15 is 0 Å². The van der Waals surface area contributed by atoms with Crippen LogP contribution in [0.3, 0.4) is 0 Å². The van der Waals surface area contributed by atoms with Gasteiger partial charge >= 0.3 is 0 Å². The highest BCUT2D eigenvalue weighted by atomic mass is 16.5. The van der Waals surface area contributed by atoms with Crippen molar-refractivity contribution in [2.45, 2.75) is 56.4 Å². The van der Waals surface area contributed by atoms with Crippen LogP contribution in [0.4, 0.5) is 0 Å². The lowest BCUT2D eigenvalue weighted by molar-refractivity contribution is 0.299. The first-order valence-corrected chi connectivity index (χ1v) is 7.98. The van der Waals surface area contributed by atoms with Crippen molar-refractivity contribution in [1.29, 1.82) is 0 Å². The standard InChI is InChI=1S/C17H21N3O/c18-13-8-5-12(6-9-13)17-19-16(20-21-17)15-10-7-11-3-1-2-4-14(11)15/h1-4,12-13,15H,5-10,18H2. The summed E-state index contributed by atoms with van der Waals surface area (Å²) in [7, 11) is 0. The molecule has 1 saturated carbocycles. The topological polar surface area (TPSA) is 64.9 Å². The fraction of sp³-hybridized carbons (Fsp3) is 0.529. The van der Waals surface area contributed by atoms with Gasteiger partial charge in [-0.05, 0) is 49.7 Å². The van der Waals surface area contributed by atoms with E-state index in [0.29, 0.717) is 17.9 Å². The molecule has 0 saturated heterocycles. The fourth-order valence-corrected chi connectivity index (χ4v) is 3.75. The summed E-state index contributed by atoms with van der Waals surface area (Å²) in [5, 5.41) is 4.27. The Balaban J connectivity index is 1.55. The first kappa shape index (κ1) is 13.0. The predicted octanol–water partition coefficient (Wildman–Crippen LogP) is 3.13. The van der Waals surface area contributed by atoms with Gasteiger partial charge in [-0.3, -0.25) is 0 Å². The molecule has 1 fully saturated rings. The van der Waals surface area contributed by atoms with Crippen molar-refractivity contribution in [2.24, 2.45) is 5.73 Å². The van der Waals surface area contributed by atoms with Crippen LogP contribution in [0.25, 0.3) is 0 Å². The van der Waals surface area contributed by atoms with Crippen molar-refractivity contribution in [3.8, 4) is 0 Å². The van der Waals surface area contributed by atoms with E-state index in [1.165, 1.54) is 11.1 Å². The van der Waals surface area contributed by atoms with E-state index in [4.69, 9.17) is 15.2 Å². The quantitative estimate of drug-likeness (QED) is 0.919. The predicted molar refractivity (Wildman–Crippen MR) is 80.1 cm³/mol. The van der Waals surface area contributed by atoms with Crippen LogP contribution in [0.5, 0.6) is 0 Å². The van der Waals surface area contributed by atoms with E-state index < -0.39 is 0 Å².